The highest BCUT2D eigenvalue weighted by Crippen LogP contribution is 2.22. The maximum absolute atomic E-state index is 12.6. The van der Waals surface area contributed by atoms with Crippen molar-refractivity contribution in [3.05, 3.63) is 86.2 Å². The van der Waals surface area contributed by atoms with Crippen LogP contribution >= 0.6 is 0 Å². The van der Waals surface area contributed by atoms with Crippen molar-refractivity contribution in [3.63, 3.8) is 0 Å². The molecule has 0 aliphatic carbocycles. The standard InChI is InChI=1S/C19H14N6O4/c1-11-6-2-3-7-12(11)17-22-19-21-16(26)10-15(24(19)23-17)20-18(27)13-8-4-5-9-14(13)25(28)29/h2-10H,1H3,(H,20,27)(H,21,22,23,26). The number of aryl methyl sites for hydroxylation is 1. The van der Waals surface area contributed by atoms with Gasteiger partial charge >= 0.3 is 0 Å². The van der Waals surface area contributed by atoms with E-state index in [-0.39, 0.29) is 22.8 Å². The Labute approximate surface area is 163 Å². The number of aromatic amines is 1. The van der Waals surface area contributed by atoms with Crippen molar-refractivity contribution in [1.29, 1.82) is 0 Å². The van der Waals surface area contributed by atoms with Crippen LogP contribution in [-0.2, 0) is 0 Å². The molecule has 2 aromatic carbocycles. The third kappa shape index (κ3) is 3.34. The number of nitrogens with one attached hydrogen (secondary N) is 2. The third-order valence-corrected chi connectivity index (χ3v) is 4.31. The second kappa shape index (κ2) is 7.00. The Kier molecular flexibility index (Phi) is 4.36. The number of carbonyl (C=O) groups is 1. The van der Waals surface area contributed by atoms with Crippen molar-refractivity contribution in [2.24, 2.45) is 0 Å². The summed E-state index contributed by atoms with van der Waals surface area (Å²) < 4.78 is 1.27. The molecule has 0 spiro atoms. The number of H-pyrrole nitrogens is 1. The van der Waals surface area contributed by atoms with E-state index in [9.17, 15) is 19.7 Å². The fourth-order valence-electron chi connectivity index (χ4n) is 2.93. The topological polar surface area (TPSA) is 135 Å². The Morgan fingerprint density at radius 1 is 1.17 bits per heavy atom. The van der Waals surface area contributed by atoms with Crippen LogP contribution in [0.4, 0.5) is 11.5 Å². The Morgan fingerprint density at radius 2 is 1.90 bits per heavy atom. The fraction of sp³-hybridized carbons (Fsp3) is 0.0526. The van der Waals surface area contributed by atoms with E-state index in [0.717, 1.165) is 17.2 Å². The van der Waals surface area contributed by atoms with Gasteiger partial charge in [0, 0.05) is 17.7 Å². The lowest BCUT2D eigenvalue weighted by atomic mass is 10.1. The molecule has 29 heavy (non-hydrogen) atoms. The second-order valence-electron chi connectivity index (χ2n) is 6.23. The zero-order valence-electron chi connectivity index (χ0n) is 15.1. The van der Waals surface area contributed by atoms with Crippen LogP contribution in [0.1, 0.15) is 15.9 Å². The molecular formula is C19H14N6O4. The van der Waals surface area contributed by atoms with Gasteiger partial charge in [0.15, 0.2) is 5.82 Å². The van der Waals surface area contributed by atoms with Crippen molar-refractivity contribution in [2.75, 3.05) is 5.32 Å². The van der Waals surface area contributed by atoms with Gasteiger partial charge < -0.3 is 5.32 Å². The molecule has 144 valence electrons. The highest BCUT2D eigenvalue weighted by atomic mass is 16.6. The molecule has 0 unspecified atom stereocenters. The minimum Gasteiger partial charge on any atom is -0.306 e. The summed E-state index contributed by atoms with van der Waals surface area (Å²) in [5, 5.41) is 18.1. The Bertz CT molecular complexity index is 1320. The predicted molar refractivity (Wildman–Crippen MR) is 105 cm³/mol. The van der Waals surface area contributed by atoms with Crippen LogP contribution in [-0.4, -0.2) is 30.4 Å². The molecule has 0 bridgehead atoms. The van der Waals surface area contributed by atoms with Crippen molar-refractivity contribution < 1.29 is 9.72 Å². The summed E-state index contributed by atoms with van der Waals surface area (Å²) >= 11 is 0. The average Bonchev–Trinajstić information content (AvgIpc) is 3.12. The van der Waals surface area contributed by atoms with Gasteiger partial charge in [-0.1, -0.05) is 36.4 Å². The quantitative estimate of drug-likeness (QED) is 0.406. The maximum Gasteiger partial charge on any atom is 0.282 e. The normalized spacial score (nSPS) is 10.8. The first kappa shape index (κ1) is 18.0. The van der Waals surface area contributed by atoms with E-state index < -0.39 is 16.4 Å². The summed E-state index contributed by atoms with van der Waals surface area (Å²) in [5.41, 5.74) is 0.735. The number of hydrogen-bond acceptors (Lipinski definition) is 6. The van der Waals surface area contributed by atoms with Gasteiger partial charge in [0.05, 0.1) is 4.92 Å². The molecule has 0 aliphatic rings. The second-order valence-corrected chi connectivity index (χ2v) is 6.23. The summed E-state index contributed by atoms with van der Waals surface area (Å²) in [6.07, 6.45) is 0. The molecule has 4 rings (SSSR count). The van der Waals surface area contributed by atoms with Gasteiger partial charge in [-0.15, -0.1) is 5.10 Å². The van der Waals surface area contributed by atoms with E-state index in [1.165, 1.54) is 28.8 Å². The van der Waals surface area contributed by atoms with Crippen LogP contribution < -0.4 is 10.9 Å². The smallest absolute Gasteiger partial charge is 0.282 e. The molecule has 0 saturated heterocycles. The number of nitro benzene ring substituents is 1. The molecule has 10 heteroatoms. The number of amides is 1. The lowest BCUT2D eigenvalue weighted by Crippen LogP contribution is -2.19. The van der Waals surface area contributed by atoms with Crippen molar-refractivity contribution in [1.82, 2.24) is 19.6 Å². The van der Waals surface area contributed by atoms with Crippen molar-refractivity contribution in [2.45, 2.75) is 6.92 Å². The number of benzene rings is 2. The number of aromatic nitrogens is 4. The molecule has 0 saturated carbocycles. The largest absolute Gasteiger partial charge is 0.306 e. The number of nitrogens with zero attached hydrogens (tertiary/aromatic N) is 4. The van der Waals surface area contributed by atoms with Gasteiger partial charge in [0.2, 0.25) is 5.78 Å². The summed E-state index contributed by atoms with van der Waals surface area (Å²) in [5.74, 6) is -0.198. The summed E-state index contributed by atoms with van der Waals surface area (Å²) in [6, 6.07) is 14.1. The van der Waals surface area contributed by atoms with E-state index in [1.807, 2.05) is 31.2 Å². The van der Waals surface area contributed by atoms with Gasteiger partial charge in [-0.25, -0.2) is 0 Å². The van der Waals surface area contributed by atoms with E-state index >= 15 is 0 Å². The van der Waals surface area contributed by atoms with E-state index in [0.29, 0.717) is 5.82 Å². The van der Waals surface area contributed by atoms with Crippen LogP contribution in [0.25, 0.3) is 17.2 Å². The Hall–Kier alpha value is -4.34. The van der Waals surface area contributed by atoms with Crippen molar-refractivity contribution >= 4 is 23.2 Å². The molecule has 0 atom stereocenters. The number of carbonyl (C=O) groups excluding carboxylic acids is 1. The number of fused-ring (bicyclic) bond motifs is 1. The average molecular weight is 390 g/mol. The van der Waals surface area contributed by atoms with Gasteiger partial charge in [-0.3, -0.25) is 24.7 Å². The molecular weight excluding hydrogens is 376 g/mol. The number of anilines is 1. The number of hydrogen-bond donors (Lipinski definition) is 2. The first-order chi connectivity index (χ1) is 13.9. The molecule has 2 aromatic heterocycles. The van der Waals surface area contributed by atoms with Crippen LogP contribution in [0, 0.1) is 17.0 Å². The number of rotatable bonds is 4. The minimum atomic E-state index is -0.739. The lowest BCUT2D eigenvalue weighted by Gasteiger charge is -2.06. The molecule has 2 heterocycles. The van der Waals surface area contributed by atoms with Crippen LogP contribution in [0.3, 0.4) is 0 Å². The predicted octanol–water partition coefficient (Wildman–Crippen LogP) is 2.55. The zero-order chi connectivity index (χ0) is 20.5. The summed E-state index contributed by atoms with van der Waals surface area (Å²) in [4.78, 5) is 42.1. The highest BCUT2D eigenvalue weighted by molar-refractivity contribution is 6.06. The van der Waals surface area contributed by atoms with Crippen molar-refractivity contribution in [3.8, 4) is 11.4 Å². The number of para-hydroxylation sites is 1. The van der Waals surface area contributed by atoms with Gasteiger partial charge in [-0.2, -0.15) is 9.50 Å². The van der Waals surface area contributed by atoms with E-state index in [1.54, 1.807) is 0 Å². The molecule has 0 radical (unpaired) electrons. The highest BCUT2D eigenvalue weighted by Gasteiger charge is 2.21. The molecule has 4 aromatic rings. The molecule has 2 N–H and O–H groups in total. The van der Waals surface area contributed by atoms with Gasteiger partial charge in [-0.05, 0) is 18.6 Å². The molecule has 0 fully saturated rings. The molecule has 1 amide bonds. The zero-order valence-corrected chi connectivity index (χ0v) is 15.1. The monoisotopic (exact) mass is 390 g/mol. The summed E-state index contributed by atoms with van der Waals surface area (Å²) in [6.45, 7) is 1.90. The fourth-order valence-corrected chi connectivity index (χ4v) is 2.93. The van der Waals surface area contributed by atoms with E-state index in [2.05, 4.69) is 20.4 Å². The Morgan fingerprint density at radius 3 is 2.66 bits per heavy atom. The van der Waals surface area contributed by atoms with Crippen LogP contribution in [0.15, 0.2) is 59.4 Å². The molecule has 10 nitrogen and oxygen atoms in total. The first-order valence-corrected chi connectivity index (χ1v) is 8.55. The van der Waals surface area contributed by atoms with Gasteiger partial charge in [0.1, 0.15) is 11.4 Å². The maximum atomic E-state index is 12.6. The van der Waals surface area contributed by atoms with Crippen LogP contribution in [0.5, 0.6) is 0 Å². The van der Waals surface area contributed by atoms with Gasteiger partial charge in [0.25, 0.3) is 17.2 Å². The lowest BCUT2D eigenvalue weighted by molar-refractivity contribution is -0.385. The van der Waals surface area contributed by atoms with E-state index in [4.69, 9.17) is 0 Å². The molecule has 0 aliphatic heterocycles. The minimum absolute atomic E-state index is 0.0410. The third-order valence-electron chi connectivity index (χ3n) is 4.31. The SMILES string of the molecule is Cc1ccccc1-c1nc2[nH]c(=O)cc(NC(=O)c3ccccc3[N+](=O)[O-])n2n1. The summed E-state index contributed by atoms with van der Waals surface area (Å²) in [7, 11) is 0. The first-order valence-electron chi connectivity index (χ1n) is 8.55. The number of nitro groups is 1. The van der Waals surface area contributed by atoms with Crippen LogP contribution in [0.2, 0.25) is 0 Å². The Balaban J connectivity index is 1.79.